The number of aryl methyl sites for hydroxylation is 2. The van der Waals surface area contributed by atoms with Crippen molar-refractivity contribution < 1.29 is 14.0 Å². The number of pyridine rings is 1. The molecule has 0 bridgehead atoms. The molecule has 8 heteroatoms. The van der Waals surface area contributed by atoms with Crippen LogP contribution in [-0.4, -0.2) is 16.8 Å². The fourth-order valence-electron chi connectivity index (χ4n) is 1.65. The molecule has 0 saturated carbocycles. The highest BCUT2D eigenvalue weighted by atomic mass is 35.5. The monoisotopic (exact) mass is 327 g/mol. The van der Waals surface area contributed by atoms with Crippen molar-refractivity contribution in [3.8, 4) is 0 Å². The zero-order valence-corrected chi connectivity index (χ0v) is 12.7. The molecule has 21 heavy (non-hydrogen) atoms. The van der Waals surface area contributed by atoms with Gasteiger partial charge in [-0.25, -0.2) is 4.98 Å². The summed E-state index contributed by atoms with van der Waals surface area (Å²) in [5, 5.41) is 0.249. The van der Waals surface area contributed by atoms with Gasteiger partial charge in [0, 0.05) is 6.20 Å². The average molecular weight is 328 g/mol. The van der Waals surface area contributed by atoms with Crippen LogP contribution in [0.25, 0.3) is 0 Å². The van der Waals surface area contributed by atoms with E-state index in [1.807, 2.05) is 0 Å². The van der Waals surface area contributed by atoms with Crippen LogP contribution < -0.4 is 10.9 Å². The first-order chi connectivity index (χ1) is 9.88. The van der Waals surface area contributed by atoms with E-state index in [4.69, 9.17) is 27.6 Å². The number of furan rings is 1. The van der Waals surface area contributed by atoms with Crippen LogP contribution in [-0.2, 0) is 0 Å². The summed E-state index contributed by atoms with van der Waals surface area (Å²) in [4.78, 5) is 27.5. The zero-order chi connectivity index (χ0) is 15.6. The van der Waals surface area contributed by atoms with Crippen molar-refractivity contribution in [2.24, 2.45) is 0 Å². The lowest BCUT2D eigenvalue weighted by molar-refractivity contribution is 0.0845. The van der Waals surface area contributed by atoms with Gasteiger partial charge in [-0.15, -0.1) is 0 Å². The molecule has 0 saturated heterocycles. The number of hydrazine groups is 1. The molecule has 2 aromatic rings. The summed E-state index contributed by atoms with van der Waals surface area (Å²) in [5.74, 6) is 0.0334. The Morgan fingerprint density at radius 2 is 1.81 bits per heavy atom. The lowest BCUT2D eigenvalue weighted by Gasteiger charge is -2.07. The largest absolute Gasteiger partial charge is 0.466 e. The van der Waals surface area contributed by atoms with E-state index in [0.717, 1.165) is 0 Å². The van der Waals surface area contributed by atoms with Crippen molar-refractivity contribution in [2.75, 3.05) is 0 Å². The summed E-state index contributed by atoms with van der Waals surface area (Å²) in [6, 6.07) is 2.93. The maximum absolute atomic E-state index is 11.9. The molecule has 0 aromatic carbocycles. The number of halogens is 2. The van der Waals surface area contributed by atoms with E-state index < -0.39 is 11.8 Å². The van der Waals surface area contributed by atoms with Crippen LogP contribution in [0.4, 0.5) is 0 Å². The first kappa shape index (κ1) is 15.3. The van der Waals surface area contributed by atoms with Gasteiger partial charge in [0.05, 0.1) is 16.1 Å². The minimum atomic E-state index is -0.563. The Balaban J connectivity index is 2.02. The summed E-state index contributed by atoms with van der Waals surface area (Å²) < 4.78 is 5.24. The van der Waals surface area contributed by atoms with Gasteiger partial charge in [-0.1, -0.05) is 23.2 Å². The van der Waals surface area contributed by atoms with E-state index in [9.17, 15) is 9.59 Å². The van der Waals surface area contributed by atoms with Crippen LogP contribution in [0.1, 0.15) is 32.2 Å². The van der Waals surface area contributed by atoms with Crippen molar-refractivity contribution in [3.63, 3.8) is 0 Å². The number of carbonyl (C=O) groups excluding carboxylic acids is 2. The Morgan fingerprint density at radius 3 is 2.38 bits per heavy atom. The van der Waals surface area contributed by atoms with Crippen molar-refractivity contribution in [3.05, 3.63) is 51.2 Å². The molecule has 0 fully saturated rings. The highest BCUT2D eigenvalue weighted by molar-refractivity contribution is 6.41. The standard InChI is InChI=1S/C13H11Cl2N3O3/c1-6-3-9(7(2)21-6)13(20)18-17-12(19)8-4-10(14)11(15)16-5-8/h3-5H,1-2H3,(H,17,19)(H,18,20). The number of rotatable bonds is 2. The fourth-order valence-corrected chi connectivity index (χ4v) is 1.92. The summed E-state index contributed by atoms with van der Waals surface area (Å²) in [5.41, 5.74) is 5.06. The Labute approximate surface area is 130 Å². The van der Waals surface area contributed by atoms with Gasteiger partial charge in [-0.2, -0.15) is 0 Å². The fraction of sp³-hybridized carbons (Fsp3) is 0.154. The topological polar surface area (TPSA) is 84.2 Å². The van der Waals surface area contributed by atoms with E-state index in [-0.39, 0.29) is 15.7 Å². The molecule has 2 amide bonds. The van der Waals surface area contributed by atoms with E-state index >= 15 is 0 Å². The third-order valence-electron chi connectivity index (χ3n) is 2.63. The molecule has 0 aliphatic rings. The molecule has 0 aliphatic carbocycles. The molecule has 2 N–H and O–H groups in total. The Kier molecular flexibility index (Phi) is 4.50. The first-order valence-corrected chi connectivity index (χ1v) is 6.63. The predicted molar refractivity (Wildman–Crippen MR) is 77.4 cm³/mol. The molecule has 2 rings (SSSR count). The van der Waals surface area contributed by atoms with E-state index in [0.29, 0.717) is 17.1 Å². The summed E-state index contributed by atoms with van der Waals surface area (Å²) in [6.07, 6.45) is 1.25. The quantitative estimate of drug-likeness (QED) is 0.656. The van der Waals surface area contributed by atoms with Gasteiger partial charge in [-0.3, -0.25) is 20.4 Å². The summed E-state index contributed by atoms with van der Waals surface area (Å²) in [7, 11) is 0. The number of nitrogens with one attached hydrogen (secondary N) is 2. The Hall–Kier alpha value is -2.05. The zero-order valence-electron chi connectivity index (χ0n) is 11.2. The number of nitrogens with zero attached hydrogens (tertiary/aromatic N) is 1. The smallest absolute Gasteiger partial charge is 0.273 e. The normalized spacial score (nSPS) is 10.3. The molecule has 0 spiro atoms. The molecule has 2 heterocycles. The molecule has 0 atom stereocenters. The van der Waals surface area contributed by atoms with Gasteiger partial charge in [0.2, 0.25) is 0 Å². The molecule has 0 unspecified atom stereocenters. The van der Waals surface area contributed by atoms with Crippen LogP contribution in [0.5, 0.6) is 0 Å². The minimum absolute atomic E-state index is 0.0988. The van der Waals surface area contributed by atoms with Gasteiger partial charge in [0.15, 0.2) is 0 Å². The van der Waals surface area contributed by atoms with Gasteiger partial charge in [0.1, 0.15) is 16.7 Å². The number of carbonyl (C=O) groups is 2. The molecule has 6 nitrogen and oxygen atoms in total. The number of amides is 2. The molecular formula is C13H11Cl2N3O3. The van der Waals surface area contributed by atoms with Gasteiger partial charge >= 0.3 is 0 Å². The van der Waals surface area contributed by atoms with E-state index in [2.05, 4.69) is 15.8 Å². The molecule has 0 radical (unpaired) electrons. The minimum Gasteiger partial charge on any atom is -0.466 e. The maximum Gasteiger partial charge on any atom is 0.273 e. The van der Waals surface area contributed by atoms with Crippen molar-refractivity contribution >= 4 is 35.0 Å². The second kappa shape index (κ2) is 6.15. The third-order valence-corrected chi connectivity index (χ3v) is 3.32. The van der Waals surface area contributed by atoms with Gasteiger partial charge in [-0.05, 0) is 26.0 Å². The van der Waals surface area contributed by atoms with Crippen LogP contribution in [0.15, 0.2) is 22.7 Å². The molecule has 2 aromatic heterocycles. The van der Waals surface area contributed by atoms with Crippen molar-refractivity contribution in [1.29, 1.82) is 0 Å². The van der Waals surface area contributed by atoms with Crippen LogP contribution in [0.3, 0.4) is 0 Å². The van der Waals surface area contributed by atoms with Gasteiger partial charge < -0.3 is 4.42 Å². The summed E-state index contributed by atoms with van der Waals surface area (Å²) >= 11 is 11.4. The van der Waals surface area contributed by atoms with Crippen LogP contribution in [0, 0.1) is 13.8 Å². The highest BCUT2D eigenvalue weighted by Crippen LogP contribution is 2.19. The number of hydrogen-bond acceptors (Lipinski definition) is 4. The Morgan fingerprint density at radius 1 is 1.14 bits per heavy atom. The SMILES string of the molecule is Cc1cc(C(=O)NNC(=O)c2cnc(Cl)c(Cl)c2)c(C)o1. The lowest BCUT2D eigenvalue weighted by Crippen LogP contribution is -2.41. The number of hydrogen-bond donors (Lipinski definition) is 2. The summed E-state index contributed by atoms with van der Waals surface area (Å²) in [6.45, 7) is 3.39. The van der Waals surface area contributed by atoms with Gasteiger partial charge in [0.25, 0.3) is 11.8 Å². The highest BCUT2D eigenvalue weighted by Gasteiger charge is 2.15. The van der Waals surface area contributed by atoms with Crippen molar-refractivity contribution in [2.45, 2.75) is 13.8 Å². The number of aromatic nitrogens is 1. The second-order valence-electron chi connectivity index (χ2n) is 4.23. The van der Waals surface area contributed by atoms with Crippen LogP contribution in [0.2, 0.25) is 10.2 Å². The van der Waals surface area contributed by atoms with Crippen molar-refractivity contribution in [1.82, 2.24) is 15.8 Å². The van der Waals surface area contributed by atoms with E-state index in [1.165, 1.54) is 12.3 Å². The first-order valence-electron chi connectivity index (χ1n) is 5.87. The van der Waals surface area contributed by atoms with Crippen LogP contribution >= 0.6 is 23.2 Å². The third kappa shape index (κ3) is 3.53. The molecular weight excluding hydrogens is 317 g/mol. The predicted octanol–water partition coefficient (Wildman–Crippen LogP) is 2.67. The lowest BCUT2D eigenvalue weighted by atomic mass is 10.2. The second-order valence-corrected chi connectivity index (χ2v) is 5.00. The average Bonchev–Trinajstić information content (AvgIpc) is 2.77. The molecule has 0 aliphatic heterocycles. The molecule has 110 valence electrons. The van der Waals surface area contributed by atoms with E-state index in [1.54, 1.807) is 19.9 Å². The maximum atomic E-state index is 11.9. The Bertz CT molecular complexity index is 713.